The van der Waals surface area contributed by atoms with E-state index in [9.17, 15) is 4.79 Å². The number of carbonyl (C=O) groups is 1. The van der Waals surface area contributed by atoms with Crippen molar-refractivity contribution >= 4 is 39.3 Å². The molecule has 138 valence electrons. The number of thiazole rings is 1. The molecule has 7 heteroatoms. The highest BCUT2D eigenvalue weighted by Gasteiger charge is 2.09. The predicted octanol–water partition coefficient (Wildman–Crippen LogP) is 3.58. The summed E-state index contributed by atoms with van der Waals surface area (Å²) in [6.45, 7) is 5.45. The maximum absolute atomic E-state index is 12.1. The lowest BCUT2D eigenvalue weighted by Gasteiger charge is -2.05. The fraction of sp³-hybridized carbons (Fsp3) is 0.250. The van der Waals surface area contributed by atoms with Crippen LogP contribution in [0.3, 0.4) is 0 Å². The minimum atomic E-state index is -0.0909. The minimum absolute atomic E-state index is 0.0909. The number of hydrogen-bond acceptors (Lipinski definition) is 4. The molecule has 0 spiro atoms. The summed E-state index contributed by atoms with van der Waals surface area (Å²) in [6.07, 6.45) is 8.16. The molecule has 0 unspecified atom stereocenters. The summed E-state index contributed by atoms with van der Waals surface area (Å²) in [7, 11) is 0. The van der Waals surface area contributed by atoms with E-state index in [1.807, 2.05) is 48.1 Å². The van der Waals surface area contributed by atoms with Crippen molar-refractivity contribution in [2.75, 3.05) is 6.54 Å². The van der Waals surface area contributed by atoms with Gasteiger partial charge in [0.05, 0.1) is 28.7 Å². The Hall–Kier alpha value is -2.93. The fourth-order valence-corrected chi connectivity index (χ4v) is 4.02. The Bertz CT molecular complexity index is 1130. The molecule has 1 amide bonds. The van der Waals surface area contributed by atoms with Gasteiger partial charge in [-0.25, -0.2) is 9.97 Å². The lowest BCUT2D eigenvalue weighted by Crippen LogP contribution is -2.23. The van der Waals surface area contributed by atoms with Gasteiger partial charge in [-0.15, -0.1) is 11.3 Å². The van der Waals surface area contributed by atoms with Crippen LogP contribution < -0.4 is 5.32 Å². The van der Waals surface area contributed by atoms with Gasteiger partial charge in [0.1, 0.15) is 0 Å². The van der Waals surface area contributed by atoms with Crippen molar-refractivity contribution in [1.82, 2.24) is 24.3 Å². The van der Waals surface area contributed by atoms with Crippen LogP contribution in [0.1, 0.15) is 22.7 Å². The average Bonchev–Trinajstić information content (AvgIpc) is 3.30. The Morgan fingerprint density at radius 3 is 3.04 bits per heavy atom. The van der Waals surface area contributed by atoms with Crippen molar-refractivity contribution < 1.29 is 4.79 Å². The monoisotopic (exact) mass is 379 g/mol. The SMILES string of the molecule is Cc1cn2c(/C=C/C(=O)NCCCn3cnc4ccccc43)c(C)nc2s1. The number of fused-ring (bicyclic) bond motifs is 2. The molecule has 0 aliphatic carbocycles. The second-order valence-electron chi connectivity index (χ2n) is 6.48. The van der Waals surface area contributed by atoms with Gasteiger partial charge >= 0.3 is 0 Å². The molecule has 0 saturated heterocycles. The van der Waals surface area contributed by atoms with Crippen LogP contribution in [0.25, 0.3) is 22.1 Å². The van der Waals surface area contributed by atoms with E-state index in [1.165, 1.54) is 4.88 Å². The van der Waals surface area contributed by atoms with Crippen LogP contribution >= 0.6 is 11.3 Å². The lowest BCUT2D eigenvalue weighted by molar-refractivity contribution is -0.116. The first kappa shape index (κ1) is 17.5. The molecule has 4 aromatic rings. The quantitative estimate of drug-likeness (QED) is 0.411. The number of carbonyl (C=O) groups excluding carboxylic acids is 1. The predicted molar refractivity (Wildman–Crippen MR) is 109 cm³/mol. The zero-order valence-electron chi connectivity index (χ0n) is 15.3. The van der Waals surface area contributed by atoms with E-state index in [2.05, 4.69) is 32.8 Å². The minimum Gasteiger partial charge on any atom is -0.352 e. The number of imidazole rings is 2. The van der Waals surface area contributed by atoms with Crippen molar-refractivity contribution in [3.63, 3.8) is 0 Å². The van der Waals surface area contributed by atoms with Gasteiger partial charge in [-0.2, -0.15) is 0 Å². The number of aromatic nitrogens is 4. The van der Waals surface area contributed by atoms with Crippen LogP contribution in [-0.2, 0) is 11.3 Å². The van der Waals surface area contributed by atoms with E-state index in [0.29, 0.717) is 6.54 Å². The fourth-order valence-electron chi connectivity index (χ4n) is 3.14. The molecule has 0 fully saturated rings. The second kappa shape index (κ2) is 7.36. The van der Waals surface area contributed by atoms with E-state index in [1.54, 1.807) is 17.4 Å². The molecule has 1 aromatic carbocycles. The summed E-state index contributed by atoms with van der Waals surface area (Å²) >= 11 is 1.65. The van der Waals surface area contributed by atoms with Crippen molar-refractivity contribution in [3.8, 4) is 0 Å². The first-order valence-corrected chi connectivity index (χ1v) is 9.74. The van der Waals surface area contributed by atoms with Crippen molar-refractivity contribution in [1.29, 1.82) is 0 Å². The molecular weight excluding hydrogens is 358 g/mol. The highest BCUT2D eigenvalue weighted by Crippen LogP contribution is 2.21. The molecule has 4 rings (SSSR count). The molecule has 0 aliphatic rings. The summed E-state index contributed by atoms with van der Waals surface area (Å²) in [4.78, 5) is 23.2. The standard InChI is InChI=1S/C20H21N5OS/c1-14-12-25-17(15(2)23-20(25)27-14)8-9-19(26)21-10-5-11-24-13-22-16-6-3-4-7-18(16)24/h3-4,6-9,12-13H,5,10-11H2,1-2H3,(H,21,26)/b9-8+. The highest BCUT2D eigenvalue weighted by molar-refractivity contribution is 7.17. The molecule has 0 bridgehead atoms. The second-order valence-corrected chi connectivity index (χ2v) is 7.69. The highest BCUT2D eigenvalue weighted by atomic mass is 32.1. The Labute approximate surface area is 161 Å². The number of nitrogens with zero attached hydrogens (tertiary/aromatic N) is 4. The van der Waals surface area contributed by atoms with Gasteiger partial charge in [0.2, 0.25) is 5.91 Å². The first-order chi connectivity index (χ1) is 13.1. The molecule has 0 atom stereocenters. The maximum Gasteiger partial charge on any atom is 0.244 e. The topological polar surface area (TPSA) is 64.2 Å². The Morgan fingerprint density at radius 2 is 2.15 bits per heavy atom. The number of hydrogen-bond donors (Lipinski definition) is 1. The van der Waals surface area contributed by atoms with E-state index in [-0.39, 0.29) is 5.91 Å². The Morgan fingerprint density at radius 1 is 1.30 bits per heavy atom. The number of amides is 1. The molecule has 0 saturated carbocycles. The molecule has 0 aliphatic heterocycles. The van der Waals surface area contributed by atoms with Crippen LogP contribution in [0.5, 0.6) is 0 Å². The van der Waals surface area contributed by atoms with E-state index in [0.717, 1.165) is 40.3 Å². The number of benzene rings is 1. The lowest BCUT2D eigenvalue weighted by atomic mass is 10.3. The third-order valence-corrected chi connectivity index (χ3v) is 5.36. The van der Waals surface area contributed by atoms with Gasteiger partial charge in [0.25, 0.3) is 0 Å². The van der Waals surface area contributed by atoms with Gasteiger partial charge in [-0.1, -0.05) is 12.1 Å². The molecule has 27 heavy (non-hydrogen) atoms. The van der Waals surface area contributed by atoms with Gasteiger partial charge in [-0.05, 0) is 38.5 Å². The summed E-state index contributed by atoms with van der Waals surface area (Å²) in [6, 6.07) is 8.06. The zero-order valence-corrected chi connectivity index (χ0v) is 16.2. The van der Waals surface area contributed by atoms with Crippen LogP contribution in [0.4, 0.5) is 0 Å². The number of nitrogens with one attached hydrogen (secondary N) is 1. The molecule has 3 heterocycles. The van der Waals surface area contributed by atoms with Crippen molar-refractivity contribution in [2.45, 2.75) is 26.8 Å². The molecular formula is C20H21N5OS. The number of para-hydroxylation sites is 2. The maximum atomic E-state index is 12.1. The number of aryl methyl sites for hydroxylation is 3. The largest absolute Gasteiger partial charge is 0.352 e. The smallest absolute Gasteiger partial charge is 0.244 e. The van der Waals surface area contributed by atoms with Gasteiger partial charge in [0.15, 0.2) is 4.96 Å². The first-order valence-electron chi connectivity index (χ1n) is 8.93. The van der Waals surface area contributed by atoms with Gasteiger partial charge in [0, 0.05) is 30.2 Å². The third kappa shape index (κ3) is 3.64. The molecule has 0 radical (unpaired) electrons. The Balaban J connectivity index is 1.31. The molecule has 6 nitrogen and oxygen atoms in total. The molecule has 3 aromatic heterocycles. The summed E-state index contributed by atoms with van der Waals surface area (Å²) in [5.41, 5.74) is 4.00. The average molecular weight is 379 g/mol. The summed E-state index contributed by atoms with van der Waals surface area (Å²) in [5.74, 6) is -0.0909. The van der Waals surface area contributed by atoms with E-state index < -0.39 is 0 Å². The van der Waals surface area contributed by atoms with Crippen LogP contribution in [0.15, 0.2) is 42.9 Å². The zero-order chi connectivity index (χ0) is 18.8. The summed E-state index contributed by atoms with van der Waals surface area (Å²) < 4.78 is 4.14. The van der Waals surface area contributed by atoms with Crippen LogP contribution in [-0.4, -0.2) is 31.4 Å². The van der Waals surface area contributed by atoms with Crippen molar-refractivity contribution in [3.05, 3.63) is 59.1 Å². The van der Waals surface area contributed by atoms with Gasteiger partial charge in [-0.3, -0.25) is 9.20 Å². The normalized spacial score (nSPS) is 11.8. The van der Waals surface area contributed by atoms with E-state index in [4.69, 9.17) is 0 Å². The third-order valence-electron chi connectivity index (χ3n) is 4.46. The summed E-state index contributed by atoms with van der Waals surface area (Å²) in [5, 5.41) is 2.94. The van der Waals surface area contributed by atoms with Crippen LogP contribution in [0, 0.1) is 13.8 Å². The van der Waals surface area contributed by atoms with Crippen LogP contribution in [0.2, 0.25) is 0 Å². The van der Waals surface area contributed by atoms with E-state index >= 15 is 0 Å². The number of rotatable bonds is 6. The van der Waals surface area contributed by atoms with Crippen molar-refractivity contribution in [2.24, 2.45) is 0 Å². The molecule has 1 N–H and O–H groups in total. The van der Waals surface area contributed by atoms with Gasteiger partial charge < -0.3 is 9.88 Å². The Kier molecular flexibility index (Phi) is 4.77.